The molecule has 1 aromatic heterocycles. The van der Waals surface area contributed by atoms with Gasteiger partial charge in [-0.2, -0.15) is 13.2 Å². The second-order valence-electron chi connectivity index (χ2n) is 4.04. The molecular formula is C12H11BrF3N5. The zero-order chi connectivity index (χ0) is 15.5. The van der Waals surface area contributed by atoms with Crippen molar-refractivity contribution in [3.8, 4) is 0 Å². The lowest BCUT2D eigenvalue weighted by atomic mass is 10.1. The lowest BCUT2D eigenvalue weighted by molar-refractivity contribution is -0.138. The highest BCUT2D eigenvalue weighted by Crippen LogP contribution is 2.32. The maximum Gasteiger partial charge on any atom is 0.416 e. The van der Waals surface area contributed by atoms with Crippen molar-refractivity contribution in [2.45, 2.75) is 12.7 Å². The van der Waals surface area contributed by atoms with Crippen molar-refractivity contribution in [2.75, 3.05) is 10.7 Å². The first-order valence-corrected chi connectivity index (χ1v) is 6.59. The molecule has 0 saturated carbocycles. The van der Waals surface area contributed by atoms with Gasteiger partial charge in [-0.3, -0.25) is 0 Å². The standard InChI is InChI=1S/C12H11BrF3N5/c13-9-10(19-6-20-11(9)21-17)18-5-7-3-1-2-4-8(7)12(14,15)16/h1-4,6H,5,17H2,(H2,18,19,20,21). The average molecular weight is 362 g/mol. The van der Waals surface area contributed by atoms with Crippen LogP contribution in [0.3, 0.4) is 0 Å². The molecule has 0 atom stereocenters. The van der Waals surface area contributed by atoms with Crippen LogP contribution in [0.5, 0.6) is 0 Å². The van der Waals surface area contributed by atoms with Gasteiger partial charge in [-0.05, 0) is 27.6 Å². The number of nitrogens with two attached hydrogens (primary N) is 1. The van der Waals surface area contributed by atoms with E-state index in [1.54, 1.807) is 6.07 Å². The fourth-order valence-electron chi connectivity index (χ4n) is 1.72. The third-order valence-corrected chi connectivity index (χ3v) is 3.45. The summed E-state index contributed by atoms with van der Waals surface area (Å²) in [5, 5.41) is 2.82. The first-order valence-electron chi connectivity index (χ1n) is 5.79. The smallest absolute Gasteiger partial charge is 0.365 e. The number of alkyl halides is 3. The van der Waals surface area contributed by atoms with Crippen molar-refractivity contribution in [3.63, 3.8) is 0 Å². The summed E-state index contributed by atoms with van der Waals surface area (Å²) in [6.45, 7) is -0.0324. The number of nitrogens with zero attached hydrogens (tertiary/aromatic N) is 2. The van der Waals surface area contributed by atoms with Gasteiger partial charge in [-0.15, -0.1) is 0 Å². The lowest BCUT2D eigenvalue weighted by Gasteiger charge is -2.14. The SMILES string of the molecule is NNc1ncnc(NCc2ccccc2C(F)(F)F)c1Br. The predicted octanol–water partition coefficient (Wildman–Crippen LogP) is 3.16. The molecule has 1 aromatic carbocycles. The van der Waals surface area contributed by atoms with Crippen molar-refractivity contribution in [2.24, 2.45) is 5.84 Å². The van der Waals surface area contributed by atoms with E-state index in [-0.39, 0.29) is 12.1 Å². The van der Waals surface area contributed by atoms with Gasteiger partial charge in [0, 0.05) is 6.54 Å². The second-order valence-corrected chi connectivity index (χ2v) is 4.83. The Kier molecular flexibility index (Phi) is 4.63. The van der Waals surface area contributed by atoms with Crippen LogP contribution in [0, 0.1) is 0 Å². The van der Waals surface area contributed by atoms with E-state index in [4.69, 9.17) is 5.84 Å². The summed E-state index contributed by atoms with van der Waals surface area (Å²) < 4.78 is 39.1. The molecular weight excluding hydrogens is 351 g/mol. The molecule has 9 heteroatoms. The van der Waals surface area contributed by atoms with Gasteiger partial charge >= 0.3 is 6.18 Å². The highest BCUT2D eigenvalue weighted by Gasteiger charge is 2.32. The van der Waals surface area contributed by atoms with E-state index in [0.29, 0.717) is 16.1 Å². The van der Waals surface area contributed by atoms with Crippen LogP contribution in [0.15, 0.2) is 35.1 Å². The monoisotopic (exact) mass is 361 g/mol. The number of hydrazine groups is 1. The average Bonchev–Trinajstić information content (AvgIpc) is 2.45. The molecule has 4 N–H and O–H groups in total. The number of hydrogen-bond donors (Lipinski definition) is 3. The van der Waals surface area contributed by atoms with Crippen molar-refractivity contribution < 1.29 is 13.2 Å². The van der Waals surface area contributed by atoms with Crippen molar-refractivity contribution in [1.82, 2.24) is 9.97 Å². The predicted molar refractivity (Wildman–Crippen MR) is 76.3 cm³/mol. The molecule has 0 saturated heterocycles. The summed E-state index contributed by atoms with van der Waals surface area (Å²) in [6.07, 6.45) is -3.15. The zero-order valence-corrected chi connectivity index (χ0v) is 12.2. The number of nitrogens with one attached hydrogen (secondary N) is 2. The maximum atomic E-state index is 12.9. The molecule has 0 unspecified atom stereocenters. The Morgan fingerprint density at radius 1 is 1.14 bits per heavy atom. The van der Waals surface area contributed by atoms with Crippen LogP contribution in [0.25, 0.3) is 0 Å². The minimum absolute atomic E-state index is 0.0324. The molecule has 0 aliphatic rings. The Morgan fingerprint density at radius 3 is 2.48 bits per heavy atom. The van der Waals surface area contributed by atoms with Gasteiger partial charge in [0.15, 0.2) is 5.82 Å². The first-order chi connectivity index (χ1) is 9.93. The Labute approximate surface area is 126 Å². The van der Waals surface area contributed by atoms with Crippen molar-refractivity contribution in [1.29, 1.82) is 0 Å². The number of benzene rings is 1. The van der Waals surface area contributed by atoms with Crippen molar-refractivity contribution in [3.05, 3.63) is 46.2 Å². The minimum atomic E-state index is -4.40. The Hall–Kier alpha value is -1.87. The molecule has 0 spiro atoms. The molecule has 5 nitrogen and oxygen atoms in total. The Bertz CT molecular complexity index is 633. The zero-order valence-electron chi connectivity index (χ0n) is 10.6. The topological polar surface area (TPSA) is 75.9 Å². The normalized spacial score (nSPS) is 11.3. The summed E-state index contributed by atoms with van der Waals surface area (Å²) in [4.78, 5) is 7.80. The molecule has 112 valence electrons. The van der Waals surface area contributed by atoms with E-state index in [1.807, 2.05) is 0 Å². The molecule has 1 heterocycles. The van der Waals surface area contributed by atoms with Gasteiger partial charge in [0.1, 0.15) is 16.6 Å². The Morgan fingerprint density at radius 2 is 1.81 bits per heavy atom. The molecule has 0 bridgehead atoms. The van der Waals surface area contributed by atoms with Gasteiger partial charge in [-0.1, -0.05) is 18.2 Å². The van der Waals surface area contributed by atoms with E-state index < -0.39 is 11.7 Å². The van der Waals surface area contributed by atoms with Crippen LogP contribution in [0.2, 0.25) is 0 Å². The first kappa shape index (κ1) is 15.5. The van der Waals surface area contributed by atoms with E-state index in [0.717, 1.165) is 6.07 Å². The van der Waals surface area contributed by atoms with Crippen molar-refractivity contribution >= 4 is 27.6 Å². The molecule has 0 aliphatic carbocycles. The van der Waals surface area contributed by atoms with E-state index >= 15 is 0 Å². The van der Waals surface area contributed by atoms with E-state index in [1.165, 1.54) is 18.5 Å². The molecule has 0 aliphatic heterocycles. The van der Waals surface area contributed by atoms with Gasteiger partial charge in [0.05, 0.1) is 5.56 Å². The minimum Gasteiger partial charge on any atom is -0.365 e. The van der Waals surface area contributed by atoms with Crippen LogP contribution in [0.1, 0.15) is 11.1 Å². The summed E-state index contributed by atoms with van der Waals surface area (Å²) >= 11 is 3.22. The molecule has 2 rings (SSSR count). The fourth-order valence-corrected chi connectivity index (χ4v) is 2.18. The van der Waals surface area contributed by atoms with Crippen LogP contribution in [-0.4, -0.2) is 9.97 Å². The maximum absolute atomic E-state index is 12.9. The second kappa shape index (κ2) is 6.27. The Balaban J connectivity index is 2.22. The summed E-state index contributed by atoms with van der Waals surface area (Å²) in [7, 11) is 0. The number of anilines is 2. The summed E-state index contributed by atoms with van der Waals surface area (Å²) in [5.74, 6) is 5.93. The summed E-state index contributed by atoms with van der Waals surface area (Å²) in [5.41, 5.74) is 1.79. The van der Waals surface area contributed by atoms with Crippen LogP contribution >= 0.6 is 15.9 Å². The number of nitrogen functional groups attached to an aromatic ring is 1. The summed E-state index contributed by atoms with van der Waals surface area (Å²) in [6, 6.07) is 5.35. The molecule has 2 aromatic rings. The third-order valence-electron chi connectivity index (χ3n) is 2.70. The number of hydrogen-bond acceptors (Lipinski definition) is 5. The van der Waals surface area contributed by atoms with Crippen LogP contribution in [0.4, 0.5) is 24.8 Å². The van der Waals surface area contributed by atoms with Gasteiger partial charge in [0.2, 0.25) is 0 Å². The molecule has 0 amide bonds. The third kappa shape index (κ3) is 3.61. The highest BCUT2D eigenvalue weighted by atomic mass is 79.9. The largest absolute Gasteiger partial charge is 0.416 e. The molecule has 21 heavy (non-hydrogen) atoms. The van der Waals surface area contributed by atoms with E-state index in [2.05, 4.69) is 36.6 Å². The van der Waals surface area contributed by atoms with Crippen LogP contribution in [-0.2, 0) is 12.7 Å². The number of aromatic nitrogens is 2. The fraction of sp³-hybridized carbons (Fsp3) is 0.167. The lowest BCUT2D eigenvalue weighted by Crippen LogP contribution is -2.13. The van der Waals surface area contributed by atoms with Gasteiger partial charge < -0.3 is 10.7 Å². The highest BCUT2D eigenvalue weighted by molar-refractivity contribution is 9.10. The van der Waals surface area contributed by atoms with E-state index in [9.17, 15) is 13.2 Å². The molecule has 0 radical (unpaired) electrons. The van der Waals surface area contributed by atoms with Crippen LogP contribution < -0.4 is 16.6 Å². The van der Waals surface area contributed by atoms with Gasteiger partial charge in [-0.25, -0.2) is 15.8 Å². The quantitative estimate of drug-likeness (QED) is 0.576. The number of halogens is 4. The number of rotatable bonds is 4. The molecule has 0 fully saturated rings. The van der Waals surface area contributed by atoms with Gasteiger partial charge in [0.25, 0.3) is 0 Å².